The summed E-state index contributed by atoms with van der Waals surface area (Å²) < 4.78 is 5.50. The largest absolute Gasteiger partial charge is 0.496 e. The molecule has 1 aliphatic rings. The van der Waals surface area contributed by atoms with Crippen LogP contribution in [-0.2, 0) is 6.42 Å². The van der Waals surface area contributed by atoms with Crippen LogP contribution in [0.15, 0.2) is 18.2 Å². The van der Waals surface area contributed by atoms with Gasteiger partial charge in [0.25, 0.3) is 0 Å². The van der Waals surface area contributed by atoms with Crippen LogP contribution in [0, 0.1) is 0 Å². The van der Waals surface area contributed by atoms with Crippen molar-refractivity contribution in [2.24, 2.45) is 0 Å². The summed E-state index contributed by atoms with van der Waals surface area (Å²) in [7, 11) is 3.78. The molecule has 0 saturated heterocycles. The summed E-state index contributed by atoms with van der Waals surface area (Å²) >= 11 is 0. The third-order valence-electron chi connectivity index (χ3n) is 3.75. The first kappa shape index (κ1) is 12.4. The molecule has 0 amide bonds. The third-order valence-corrected chi connectivity index (χ3v) is 3.75. The first-order valence-electron chi connectivity index (χ1n) is 6.66. The van der Waals surface area contributed by atoms with E-state index in [9.17, 15) is 0 Å². The second-order valence-corrected chi connectivity index (χ2v) is 4.91. The van der Waals surface area contributed by atoms with E-state index in [0.717, 1.165) is 24.6 Å². The van der Waals surface area contributed by atoms with Gasteiger partial charge < -0.3 is 10.1 Å². The highest BCUT2D eigenvalue weighted by Crippen LogP contribution is 2.39. The lowest BCUT2D eigenvalue weighted by Crippen LogP contribution is -2.10. The summed E-state index contributed by atoms with van der Waals surface area (Å²) in [4.78, 5) is 0. The van der Waals surface area contributed by atoms with Crippen LogP contribution in [0.3, 0.4) is 0 Å². The van der Waals surface area contributed by atoms with Crippen LogP contribution in [0.25, 0.3) is 0 Å². The predicted octanol–water partition coefficient (Wildman–Crippen LogP) is 3.11. The van der Waals surface area contributed by atoms with Gasteiger partial charge in [0.15, 0.2) is 0 Å². The average Bonchev–Trinajstić information content (AvgIpc) is 2.89. The summed E-state index contributed by atoms with van der Waals surface area (Å²) in [5.41, 5.74) is 2.85. The van der Waals surface area contributed by atoms with Crippen molar-refractivity contribution in [2.75, 3.05) is 20.7 Å². The van der Waals surface area contributed by atoms with Gasteiger partial charge in [0.1, 0.15) is 5.75 Å². The third kappa shape index (κ3) is 3.01. The van der Waals surface area contributed by atoms with E-state index in [1.54, 1.807) is 7.11 Å². The van der Waals surface area contributed by atoms with Crippen molar-refractivity contribution < 1.29 is 4.74 Å². The standard InChI is InChI=1S/C15H23NO/c1-16-10-9-12-7-8-15(17-2)14(11-12)13-5-3-4-6-13/h7-8,11,13,16H,3-6,9-10H2,1-2H3. The fourth-order valence-electron chi connectivity index (χ4n) is 2.76. The summed E-state index contributed by atoms with van der Waals surface area (Å²) in [6, 6.07) is 6.68. The summed E-state index contributed by atoms with van der Waals surface area (Å²) in [6.07, 6.45) is 6.49. The molecule has 0 spiro atoms. The predicted molar refractivity (Wildman–Crippen MR) is 71.8 cm³/mol. The molecule has 2 nitrogen and oxygen atoms in total. The second-order valence-electron chi connectivity index (χ2n) is 4.91. The highest BCUT2D eigenvalue weighted by molar-refractivity contribution is 5.40. The van der Waals surface area contributed by atoms with Gasteiger partial charge in [-0.15, -0.1) is 0 Å². The Balaban J connectivity index is 2.19. The maximum absolute atomic E-state index is 5.50. The molecular formula is C15H23NO. The Labute approximate surface area is 104 Å². The van der Waals surface area contributed by atoms with Gasteiger partial charge in [0.05, 0.1) is 7.11 Å². The van der Waals surface area contributed by atoms with E-state index in [1.807, 2.05) is 7.05 Å². The number of ether oxygens (including phenoxy) is 1. The van der Waals surface area contributed by atoms with E-state index in [2.05, 4.69) is 23.5 Å². The van der Waals surface area contributed by atoms with E-state index in [4.69, 9.17) is 4.74 Å². The van der Waals surface area contributed by atoms with Crippen LogP contribution >= 0.6 is 0 Å². The van der Waals surface area contributed by atoms with Crippen LogP contribution in [0.1, 0.15) is 42.7 Å². The van der Waals surface area contributed by atoms with E-state index in [1.165, 1.54) is 36.8 Å². The first-order chi connectivity index (χ1) is 8.35. The molecule has 0 aromatic heterocycles. The zero-order valence-corrected chi connectivity index (χ0v) is 11.0. The minimum atomic E-state index is 0.722. The van der Waals surface area contributed by atoms with E-state index in [-0.39, 0.29) is 0 Å². The van der Waals surface area contributed by atoms with Gasteiger partial charge in [0, 0.05) is 0 Å². The molecular weight excluding hydrogens is 210 g/mol. The van der Waals surface area contributed by atoms with Crippen molar-refractivity contribution in [3.8, 4) is 5.75 Å². The summed E-state index contributed by atoms with van der Waals surface area (Å²) in [5.74, 6) is 1.80. The Hall–Kier alpha value is -1.02. The Morgan fingerprint density at radius 1 is 1.29 bits per heavy atom. The molecule has 0 unspecified atom stereocenters. The number of rotatable bonds is 5. The highest BCUT2D eigenvalue weighted by Gasteiger charge is 2.20. The van der Waals surface area contributed by atoms with Crippen molar-refractivity contribution in [1.82, 2.24) is 5.32 Å². The average molecular weight is 233 g/mol. The molecule has 0 bridgehead atoms. The summed E-state index contributed by atoms with van der Waals surface area (Å²) in [6.45, 7) is 1.04. The number of methoxy groups -OCH3 is 1. The topological polar surface area (TPSA) is 21.3 Å². The number of nitrogens with one attached hydrogen (secondary N) is 1. The normalized spacial score (nSPS) is 16.4. The SMILES string of the molecule is CNCCc1ccc(OC)c(C2CCCC2)c1. The second kappa shape index (κ2) is 6.06. The van der Waals surface area contributed by atoms with Crippen molar-refractivity contribution in [3.63, 3.8) is 0 Å². The van der Waals surface area contributed by atoms with Crippen molar-refractivity contribution in [3.05, 3.63) is 29.3 Å². The quantitative estimate of drug-likeness (QED) is 0.843. The van der Waals surface area contributed by atoms with Crippen molar-refractivity contribution >= 4 is 0 Å². The van der Waals surface area contributed by atoms with Crippen LogP contribution < -0.4 is 10.1 Å². The number of benzene rings is 1. The molecule has 1 aliphatic carbocycles. The zero-order chi connectivity index (χ0) is 12.1. The van der Waals surface area contributed by atoms with Gasteiger partial charge in [0.2, 0.25) is 0 Å². The molecule has 0 radical (unpaired) electrons. The minimum Gasteiger partial charge on any atom is -0.496 e. The van der Waals surface area contributed by atoms with Gasteiger partial charge in [-0.1, -0.05) is 25.0 Å². The van der Waals surface area contributed by atoms with Crippen LogP contribution in [0.2, 0.25) is 0 Å². The van der Waals surface area contributed by atoms with Gasteiger partial charge in [-0.25, -0.2) is 0 Å². The van der Waals surface area contributed by atoms with Crippen LogP contribution in [-0.4, -0.2) is 20.7 Å². The Bertz CT molecular complexity index is 356. The Kier molecular flexibility index (Phi) is 4.43. The van der Waals surface area contributed by atoms with Crippen LogP contribution in [0.4, 0.5) is 0 Å². The molecule has 94 valence electrons. The molecule has 0 atom stereocenters. The maximum Gasteiger partial charge on any atom is 0.122 e. The number of likely N-dealkylation sites (N-methyl/N-ethyl adjacent to an activating group) is 1. The smallest absolute Gasteiger partial charge is 0.122 e. The molecule has 2 heteroatoms. The maximum atomic E-state index is 5.50. The molecule has 0 heterocycles. The molecule has 0 aliphatic heterocycles. The Morgan fingerprint density at radius 3 is 2.71 bits per heavy atom. The Morgan fingerprint density at radius 2 is 2.06 bits per heavy atom. The molecule has 1 fully saturated rings. The fraction of sp³-hybridized carbons (Fsp3) is 0.600. The molecule has 17 heavy (non-hydrogen) atoms. The lowest BCUT2D eigenvalue weighted by Gasteiger charge is -2.16. The number of hydrogen-bond acceptors (Lipinski definition) is 2. The van der Waals surface area contributed by atoms with Crippen molar-refractivity contribution in [2.45, 2.75) is 38.0 Å². The lowest BCUT2D eigenvalue weighted by atomic mass is 9.94. The van der Waals surface area contributed by atoms with Gasteiger partial charge in [-0.05, 0) is 56.0 Å². The molecule has 1 saturated carbocycles. The zero-order valence-electron chi connectivity index (χ0n) is 11.0. The van der Waals surface area contributed by atoms with Gasteiger partial charge in [-0.2, -0.15) is 0 Å². The molecule has 1 N–H and O–H groups in total. The molecule has 1 aromatic carbocycles. The van der Waals surface area contributed by atoms with Crippen molar-refractivity contribution in [1.29, 1.82) is 0 Å². The molecule has 1 aromatic rings. The fourth-order valence-corrected chi connectivity index (χ4v) is 2.76. The monoisotopic (exact) mass is 233 g/mol. The van der Waals surface area contributed by atoms with E-state index >= 15 is 0 Å². The molecule has 2 rings (SSSR count). The van der Waals surface area contributed by atoms with E-state index in [0.29, 0.717) is 0 Å². The highest BCUT2D eigenvalue weighted by atomic mass is 16.5. The van der Waals surface area contributed by atoms with Gasteiger partial charge in [-0.3, -0.25) is 0 Å². The first-order valence-corrected chi connectivity index (χ1v) is 6.66. The number of hydrogen-bond donors (Lipinski definition) is 1. The van der Waals surface area contributed by atoms with Crippen LogP contribution in [0.5, 0.6) is 5.75 Å². The summed E-state index contributed by atoms with van der Waals surface area (Å²) in [5, 5.41) is 3.20. The minimum absolute atomic E-state index is 0.722. The lowest BCUT2D eigenvalue weighted by molar-refractivity contribution is 0.405. The van der Waals surface area contributed by atoms with Gasteiger partial charge >= 0.3 is 0 Å². The van der Waals surface area contributed by atoms with E-state index < -0.39 is 0 Å².